The van der Waals surface area contributed by atoms with Gasteiger partial charge in [-0.05, 0) is 12.3 Å². The van der Waals surface area contributed by atoms with Crippen molar-refractivity contribution in [3.63, 3.8) is 0 Å². The zero-order chi connectivity index (χ0) is 13.1. The van der Waals surface area contributed by atoms with Gasteiger partial charge >= 0.3 is 0 Å². The van der Waals surface area contributed by atoms with E-state index in [2.05, 4.69) is 10.3 Å². The van der Waals surface area contributed by atoms with Crippen molar-refractivity contribution >= 4 is 17.2 Å². The summed E-state index contributed by atoms with van der Waals surface area (Å²) in [5.74, 6) is -0.0919. The molecule has 1 atom stereocenters. The third-order valence-corrected chi connectivity index (χ3v) is 3.55. The summed E-state index contributed by atoms with van der Waals surface area (Å²) in [6.07, 6.45) is 0.765. The summed E-state index contributed by atoms with van der Waals surface area (Å²) in [6.45, 7) is 8.44. The Bertz CT molecular complexity index is 381. The first-order chi connectivity index (χ1) is 7.80. The fourth-order valence-corrected chi connectivity index (χ4v) is 2.09. The van der Waals surface area contributed by atoms with Gasteiger partial charge in [0, 0.05) is 24.0 Å². The zero-order valence-corrected chi connectivity index (χ0v) is 11.7. The first kappa shape index (κ1) is 14.1. The molecule has 0 spiro atoms. The maximum atomic E-state index is 11.7. The highest BCUT2D eigenvalue weighted by molar-refractivity contribution is 7.09. The summed E-state index contributed by atoms with van der Waals surface area (Å²) < 4.78 is 0. The van der Waals surface area contributed by atoms with E-state index >= 15 is 0 Å². The van der Waals surface area contributed by atoms with Crippen LogP contribution in [0.3, 0.4) is 0 Å². The molecule has 1 rings (SSSR count). The number of aryl methyl sites for hydroxylation is 1. The van der Waals surface area contributed by atoms with Crippen molar-refractivity contribution in [3.8, 4) is 0 Å². The van der Waals surface area contributed by atoms with E-state index in [1.54, 1.807) is 11.3 Å². The molecule has 96 valence electrons. The molecule has 1 unspecified atom stereocenters. The Morgan fingerprint density at radius 2 is 2.24 bits per heavy atom. The van der Waals surface area contributed by atoms with E-state index in [1.807, 2.05) is 33.1 Å². The molecular formula is C12H21N3OS. The molecule has 0 aliphatic heterocycles. The molecule has 0 aliphatic rings. The average molecular weight is 255 g/mol. The topological polar surface area (TPSA) is 68.0 Å². The number of carbonyl (C=O) groups excluding carboxylic acids is 1. The maximum absolute atomic E-state index is 11.7. The molecule has 0 bridgehead atoms. The molecule has 0 aliphatic carbocycles. The van der Waals surface area contributed by atoms with Gasteiger partial charge < -0.3 is 11.1 Å². The third-order valence-electron chi connectivity index (χ3n) is 2.52. The summed E-state index contributed by atoms with van der Waals surface area (Å²) in [4.78, 5) is 16.1. The molecule has 1 aromatic rings. The summed E-state index contributed by atoms with van der Waals surface area (Å²) in [5, 5.41) is 5.91. The highest BCUT2D eigenvalue weighted by Gasteiger charge is 2.26. The van der Waals surface area contributed by atoms with E-state index in [0.29, 0.717) is 6.54 Å². The van der Waals surface area contributed by atoms with Gasteiger partial charge in [0.15, 0.2) is 0 Å². The summed E-state index contributed by atoms with van der Waals surface area (Å²) in [6, 6.07) is -0.472. The van der Waals surface area contributed by atoms with Crippen LogP contribution in [0.15, 0.2) is 5.38 Å². The normalized spacial score (nSPS) is 13.5. The largest absolute Gasteiger partial charge is 0.354 e. The predicted octanol–water partition coefficient (Wildman–Crippen LogP) is 1.48. The van der Waals surface area contributed by atoms with E-state index in [9.17, 15) is 4.79 Å². The van der Waals surface area contributed by atoms with Gasteiger partial charge in [-0.15, -0.1) is 11.3 Å². The molecule has 17 heavy (non-hydrogen) atoms. The Labute approximate surface area is 107 Å². The minimum atomic E-state index is -0.472. The second kappa shape index (κ2) is 5.60. The third kappa shape index (κ3) is 4.44. The van der Waals surface area contributed by atoms with E-state index in [0.717, 1.165) is 17.1 Å². The lowest BCUT2D eigenvalue weighted by atomic mass is 9.87. The van der Waals surface area contributed by atoms with E-state index in [4.69, 9.17) is 5.73 Å². The van der Waals surface area contributed by atoms with E-state index < -0.39 is 6.04 Å². The molecule has 0 radical (unpaired) electrons. The smallest absolute Gasteiger partial charge is 0.237 e. The SMILES string of the molecule is Cc1csc(CCNC(=O)C(N)C(C)(C)C)n1. The quantitative estimate of drug-likeness (QED) is 0.856. The molecule has 0 fully saturated rings. The number of hydrogen-bond acceptors (Lipinski definition) is 4. The molecule has 1 amide bonds. The number of thiazole rings is 1. The van der Waals surface area contributed by atoms with E-state index in [-0.39, 0.29) is 11.3 Å². The fourth-order valence-electron chi connectivity index (χ4n) is 1.31. The van der Waals surface area contributed by atoms with Crippen molar-refractivity contribution in [2.45, 2.75) is 40.2 Å². The molecule has 1 aromatic heterocycles. The molecule has 0 aromatic carbocycles. The lowest BCUT2D eigenvalue weighted by molar-refractivity contribution is -0.124. The summed E-state index contributed by atoms with van der Waals surface area (Å²) in [7, 11) is 0. The van der Waals surface area contributed by atoms with Gasteiger partial charge in [0.2, 0.25) is 5.91 Å². The van der Waals surface area contributed by atoms with Crippen molar-refractivity contribution in [2.75, 3.05) is 6.54 Å². The number of nitrogens with two attached hydrogens (primary N) is 1. The second-order valence-electron chi connectivity index (χ2n) is 5.27. The molecule has 4 nitrogen and oxygen atoms in total. The van der Waals surface area contributed by atoms with Crippen LogP contribution in [-0.4, -0.2) is 23.5 Å². The second-order valence-corrected chi connectivity index (χ2v) is 6.21. The van der Waals surface area contributed by atoms with Crippen LogP contribution in [0.4, 0.5) is 0 Å². The number of nitrogens with zero attached hydrogens (tertiary/aromatic N) is 1. The first-order valence-electron chi connectivity index (χ1n) is 5.75. The summed E-state index contributed by atoms with van der Waals surface area (Å²) in [5.41, 5.74) is 6.68. The molecule has 0 saturated carbocycles. The lowest BCUT2D eigenvalue weighted by Crippen LogP contribution is -2.48. The highest BCUT2D eigenvalue weighted by Crippen LogP contribution is 2.17. The maximum Gasteiger partial charge on any atom is 0.237 e. The van der Waals surface area contributed by atoms with Crippen LogP contribution < -0.4 is 11.1 Å². The Morgan fingerprint density at radius 1 is 1.59 bits per heavy atom. The highest BCUT2D eigenvalue weighted by atomic mass is 32.1. The number of nitrogens with one attached hydrogen (secondary N) is 1. The van der Waals surface area contributed by atoms with Crippen LogP contribution in [0, 0.1) is 12.3 Å². The van der Waals surface area contributed by atoms with Crippen LogP contribution >= 0.6 is 11.3 Å². The molecule has 3 N–H and O–H groups in total. The van der Waals surface area contributed by atoms with Gasteiger partial charge in [-0.1, -0.05) is 20.8 Å². The Kier molecular flexibility index (Phi) is 4.65. The van der Waals surface area contributed by atoms with Crippen molar-refractivity contribution < 1.29 is 4.79 Å². The van der Waals surface area contributed by atoms with Gasteiger partial charge in [-0.25, -0.2) is 4.98 Å². The van der Waals surface area contributed by atoms with Crippen molar-refractivity contribution in [1.82, 2.24) is 10.3 Å². The fraction of sp³-hybridized carbons (Fsp3) is 0.667. The number of rotatable bonds is 4. The van der Waals surface area contributed by atoms with Crippen molar-refractivity contribution in [2.24, 2.45) is 11.1 Å². The minimum Gasteiger partial charge on any atom is -0.354 e. The van der Waals surface area contributed by atoms with Crippen molar-refractivity contribution in [1.29, 1.82) is 0 Å². The summed E-state index contributed by atoms with van der Waals surface area (Å²) >= 11 is 1.62. The predicted molar refractivity (Wildman–Crippen MR) is 71.0 cm³/mol. The minimum absolute atomic E-state index is 0.0919. The van der Waals surface area contributed by atoms with Crippen molar-refractivity contribution in [3.05, 3.63) is 16.1 Å². The van der Waals surface area contributed by atoms with Gasteiger partial charge in [-0.2, -0.15) is 0 Å². The Hall–Kier alpha value is -0.940. The van der Waals surface area contributed by atoms with Crippen LogP contribution in [0.5, 0.6) is 0 Å². The van der Waals surface area contributed by atoms with Crippen LogP contribution in [0.1, 0.15) is 31.5 Å². The average Bonchev–Trinajstić information content (AvgIpc) is 2.61. The molecular weight excluding hydrogens is 234 g/mol. The number of carbonyl (C=O) groups is 1. The number of aromatic nitrogens is 1. The standard InChI is InChI=1S/C12H21N3OS/c1-8-7-17-9(15-8)5-6-14-11(16)10(13)12(2,3)4/h7,10H,5-6,13H2,1-4H3,(H,14,16). The number of amides is 1. The Balaban J connectivity index is 2.34. The monoisotopic (exact) mass is 255 g/mol. The van der Waals surface area contributed by atoms with Crippen LogP contribution in [0.2, 0.25) is 0 Å². The van der Waals surface area contributed by atoms with Crippen LogP contribution in [-0.2, 0) is 11.2 Å². The zero-order valence-electron chi connectivity index (χ0n) is 10.9. The van der Waals surface area contributed by atoms with E-state index in [1.165, 1.54) is 0 Å². The lowest BCUT2D eigenvalue weighted by Gasteiger charge is -2.25. The molecule has 5 heteroatoms. The molecule has 1 heterocycles. The molecule has 0 saturated heterocycles. The number of hydrogen-bond donors (Lipinski definition) is 2. The van der Waals surface area contributed by atoms with Crippen LogP contribution in [0.25, 0.3) is 0 Å². The van der Waals surface area contributed by atoms with Gasteiger partial charge in [-0.3, -0.25) is 4.79 Å². The van der Waals surface area contributed by atoms with Gasteiger partial charge in [0.1, 0.15) is 0 Å². The Morgan fingerprint density at radius 3 is 2.71 bits per heavy atom. The van der Waals surface area contributed by atoms with Gasteiger partial charge in [0.25, 0.3) is 0 Å². The van der Waals surface area contributed by atoms with Gasteiger partial charge in [0.05, 0.1) is 11.0 Å². The first-order valence-corrected chi connectivity index (χ1v) is 6.63.